The Balaban J connectivity index is 1.88. The molecule has 0 spiro atoms. The molecule has 2 aromatic rings. The number of methoxy groups -OCH3 is 2. The molecule has 130 valence electrons. The van der Waals surface area contributed by atoms with Crippen LogP contribution < -0.4 is 14.8 Å². The number of urea groups is 1. The van der Waals surface area contributed by atoms with E-state index in [1.165, 1.54) is 0 Å². The molecule has 1 N–H and O–H groups in total. The van der Waals surface area contributed by atoms with Crippen molar-refractivity contribution in [3.8, 4) is 11.5 Å². The van der Waals surface area contributed by atoms with Crippen LogP contribution in [0.15, 0.2) is 35.7 Å². The van der Waals surface area contributed by atoms with Gasteiger partial charge in [0, 0.05) is 18.5 Å². The van der Waals surface area contributed by atoms with E-state index in [2.05, 4.69) is 5.32 Å². The van der Waals surface area contributed by atoms with Crippen LogP contribution in [0.2, 0.25) is 0 Å². The van der Waals surface area contributed by atoms with Crippen molar-refractivity contribution in [1.82, 2.24) is 10.2 Å². The van der Waals surface area contributed by atoms with E-state index in [4.69, 9.17) is 9.47 Å². The summed E-state index contributed by atoms with van der Waals surface area (Å²) in [5, 5.41) is 5.02. The number of ether oxygens (including phenoxy) is 2. The molecule has 1 aromatic heterocycles. The second kappa shape index (κ2) is 8.59. The Morgan fingerprint density at radius 3 is 2.62 bits per heavy atom. The number of benzene rings is 1. The summed E-state index contributed by atoms with van der Waals surface area (Å²) in [5.74, 6) is 1.41. The maximum Gasteiger partial charge on any atom is 0.317 e. The summed E-state index contributed by atoms with van der Waals surface area (Å²) < 4.78 is 10.5. The minimum Gasteiger partial charge on any atom is -0.493 e. The van der Waals surface area contributed by atoms with Crippen molar-refractivity contribution in [1.29, 1.82) is 0 Å². The number of thiophene rings is 1. The van der Waals surface area contributed by atoms with Crippen molar-refractivity contribution in [2.45, 2.75) is 19.4 Å². The predicted octanol–water partition coefficient (Wildman–Crippen LogP) is 3.71. The first kappa shape index (κ1) is 18.1. The lowest BCUT2D eigenvalue weighted by molar-refractivity contribution is 0.206. The maximum atomic E-state index is 12.3. The van der Waals surface area contributed by atoms with Gasteiger partial charge in [0.05, 0.1) is 20.3 Å². The zero-order valence-corrected chi connectivity index (χ0v) is 15.4. The normalized spacial score (nSPS) is 11.7. The van der Waals surface area contributed by atoms with Crippen molar-refractivity contribution in [2.24, 2.45) is 0 Å². The fraction of sp³-hybridized carbons (Fsp3) is 0.389. The molecule has 0 aliphatic rings. The lowest BCUT2D eigenvalue weighted by atomic mass is 10.1. The van der Waals surface area contributed by atoms with E-state index in [9.17, 15) is 4.79 Å². The van der Waals surface area contributed by atoms with Gasteiger partial charge in [0.2, 0.25) is 0 Å². The number of carbonyl (C=O) groups excluding carboxylic acids is 1. The van der Waals surface area contributed by atoms with E-state index < -0.39 is 0 Å². The van der Waals surface area contributed by atoms with Crippen molar-refractivity contribution in [3.63, 3.8) is 0 Å². The predicted molar refractivity (Wildman–Crippen MR) is 97.1 cm³/mol. The molecule has 0 fully saturated rings. The first-order valence-corrected chi connectivity index (χ1v) is 8.69. The number of rotatable bonds is 7. The van der Waals surface area contributed by atoms with Crippen LogP contribution in [0, 0.1) is 0 Å². The SMILES string of the molecule is COc1ccc(CCN(C)C(=O)N[C@@H](C)c2cccs2)cc1OC. The summed E-state index contributed by atoms with van der Waals surface area (Å²) in [6, 6.07) is 9.77. The summed E-state index contributed by atoms with van der Waals surface area (Å²) in [6.07, 6.45) is 0.748. The quantitative estimate of drug-likeness (QED) is 0.830. The molecule has 1 aromatic carbocycles. The van der Waals surface area contributed by atoms with Crippen LogP contribution in [0.3, 0.4) is 0 Å². The highest BCUT2D eigenvalue weighted by Gasteiger charge is 2.14. The van der Waals surface area contributed by atoms with Crippen LogP contribution in [0.1, 0.15) is 23.4 Å². The topological polar surface area (TPSA) is 50.8 Å². The Bertz CT molecular complexity index is 658. The minimum atomic E-state index is -0.0728. The van der Waals surface area contributed by atoms with Crippen molar-refractivity contribution < 1.29 is 14.3 Å². The zero-order chi connectivity index (χ0) is 17.5. The molecule has 0 radical (unpaired) electrons. The standard InChI is InChI=1S/C18H24N2O3S/c1-13(17-6-5-11-24-17)19-18(21)20(2)10-9-14-7-8-15(22-3)16(12-14)23-4/h5-8,11-13H,9-10H2,1-4H3,(H,19,21)/t13-/m0/s1. The Morgan fingerprint density at radius 1 is 1.25 bits per heavy atom. The Labute approximate surface area is 147 Å². The summed E-state index contributed by atoms with van der Waals surface area (Å²) >= 11 is 1.64. The molecule has 6 heteroatoms. The van der Waals surface area contributed by atoms with Crippen LogP contribution >= 0.6 is 11.3 Å². The van der Waals surface area contributed by atoms with E-state index in [0.717, 1.165) is 16.9 Å². The summed E-state index contributed by atoms with van der Waals surface area (Å²) in [7, 11) is 5.04. The number of hydrogen-bond donors (Lipinski definition) is 1. The molecule has 0 aliphatic carbocycles. The second-order valence-electron chi connectivity index (χ2n) is 5.55. The molecule has 0 unspecified atom stereocenters. The Hall–Kier alpha value is -2.21. The van der Waals surface area contributed by atoms with Gasteiger partial charge in [0.1, 0.15) is 0 Å². The van der Waals surface area contributed by atoms with E-state index in [1.54, 1.807) is 37.5 Å². The molecule has 2 rings (SSSR count). The van der Waals surface area contributed by atoms with Crippen molar-refractivity contribution in [3.05, 3.63) is 46.2 Å². The summed E-state index contributed by atoms with van der Waals surface area (Å²) in [4.78, 5) is 15.1. The third kappa shape index (κ3) is 4.64. The fourth-order valence-electron chi connectivity index (χ4n) is 2.34. The van der Waals surface area contributed by atoms with Crippen LogP contribution in [-0.4, -0.2) is 38.7 Å². The average molecular weight is 348 g/mol. The minimum absolute atomic E-state index is 0.0148. The van der Waals surface area contributed by atoms with Gasteiger partial charge >= 0.3 is 6.03 Å². The smallest absolute Gasteiger partial charge is 0.317 e. The van der Waals surface area contributed by atoms with Crippen LogP contribution in [0.5, 0.6) is 11.5 Å². The monoisotopic (exact) mass is 348 g/mol. The fourth-order valence-corrected chi connectivity index (χ4v) is 3.07. The highest BCUT2D eigenvalue weighted by molar-refractivity contribution is 7.10. The van der Waals surface area contributed by atoms with Gasteiger partial charge in [-0.2, -0.15) is 0 Å². The third-order valence-electron chi connectivity index (χ3n) is 3.84. The highest BCUT2D eigenvalue weighted by atomic mass is 32.1. The van der Waals surface area contributed by atoms with Crippen molar-refractivity contribution >= 4 is 17.4 Å². The molecule has 0 saturated heterocycles. The van der Waals surface area contributed by atoms with E-state index in [0.29, 0.717) is 18.0 Å². The molecule has 0 bridgehead atoms. The molecule has 1 heterocycles. The number of nitrogens with zero attached hydrogens (tertiary/aromatic N) is 1. The molecular formula is C18H24N2O3S. The van der Waals surface area contributed by atoms with Gasteiger partial charge in [0.25, 0.3) is 0 Å². The zero-order valence-electron chi connectivity index (χ0n) is 14.5. The van der Waals surface area contributed by atoms with Gasteiger partial charge in [-0.15, -0.1) is 11.3 Å². The Kier molecular flexibility index (Phi) is 6.49. The molecule has 2 amide bonds. The lowest BCUT2D eigenvalue weighted by Crippen LogP contribution is -2.39. The van der Waals surface area contributed by atoms with Gasteiger partial charge < -0.3 is 19.7 Å². The van der Waals surface area contributed by atoms with E-state index >= 15 is 0 Å². The number of hydrogen-bond acceptors (Lipinski definition) is 4. The summed E-state index contributed by atoms with van der Waals surface area (Å²) in [6.45, 7) is 2.62. The molecule has 24 heavy (non-hydrogen) atoms. The highest BCUT2D eigenvalue weighted by Crippen LogP contribution is 2.27. The van der Waals surface area contributed by atoms with Gasteiger partial charge in [-0.05, 0) is 42.5 Å². The molecule has 1 atom stereocenters. The Morgan fingerprint density at radius 2 is 2.00 bits per heavy atom. The molecule has 0 saturated carbocycles. The summed E-state index contributed by atoms with van der Waals surface area (Å²) in [5.41, 5.74) is 1.10. The largest absolute Gasteiger partial charge is 0.493 e. The number of carbonyl (C=O) groups is 1. The van der Waals surface area contributed by atoms with Crippen LogP contribution in [-0.2, 0) is 6.42 Å². The van der Waals surface area contributed by atoms with E-state index in [-0.39, 0.29) is 12.1 Å². The van der Waals surface area contributed by atoms with E-state index in [1.807, 2.05) is 42.6 Å². The van der Waals surface area contributed by atoms with Crippen molar-refractivity contribution in [2.75, 3.05) is 27.8 Å². The average Bonchev–Trinajstić information content (AvgIpc) is 3.13. The van der Waals surface area contributed by atoms with Gasteiger partial charge in [-0.3, -0.25) is 0 Å². The number of amides is 2. The second-order valence-corrected chi connectivity index (χ2v) is 6.53. The van der Waals surface area contributed by atoms with Crippen LogP contribution in [0.4, 0.5) is 4.79 Å². The third-order valence-corrected chi connectivity index (χ3v) is 4.90. The van der Waals surface area contributed by atoms with Gasteiger partial charge in [-0.1, -0.05) is 12.1 Å². The lowest BCUT2D eigenvalue weighted by Gasteiger charge is -2.21. The first-order valence-electron chi connectivity index (χ1n) is 7.81. The maximum absolute atomic E-state index is 12.3. The van der Waals surface area contributed by atoms with Gasteiger partial charge in [0.15, 0.2) is 11.5 Å². The molecule has 5 nitrogen and oxygen atoms in total. The molecular weight excluding hydrogens is 324 g/mol. The molecule has 0 aliphatic heterocycles. The number of nitrogens with one attached hydrogen (secondary N) is 1. The number of likely N-dealkylation sites (N-methyl/N-ethyl adjacent to an activating group) is 1. The van der Waals surface area contributed by atoms with Gasteiger partial charge in [-0.25, -0.2) is 4.79 Å². The van der Waals surface area contributed by atoms with Crippen LogP contribution in [0.25, 0.3) is 0 Å². The first-order chi connectivity index (χ1) is 11.5.